The van der Waals surface area contributed by atoms with Crippen molar-refractivity contribution in [2.45, 2.75) is 6.42 Å². The van der Waals surface area contributed by atoms with Gasteiger partial charge in [0.2, 0.25) is 15.9 Å². The fourth-order valence-corrected chi connectivity index (χ4v) is 0.920. The van der Waals surface area contributed by atoms with Crippen LogP contribution in [0.5, 0.6) is 0 Å². The molecule has 0 rings (SSSR count). The van der Waals surface area contributed by atoms with Crippen molar-refractivity contribution in [2.75, 3.05) is 5.75 Å². The first-order valence-corrected chi connectivity index (χ1v) is 4.52. The standard InChI is InChI=1S/C5H10N2O3S/c1-4(5(6)8)2-3-11(7,9)10/h1-3H2,(H2,6,8)(H2,7,9,10). The molecule has 0 bridgehead atoms. The van der Waals surface area contributed by atoms with E-state index in [0.29, 0.717) is 0 Å². The second-order valence-electron chi connectivity index (χ2n) is 2.08. The lowest BCUT2D eigenvalue weighted by atomic mass is 10.2. The molecular weight excluding hydrogens is 168 g/mol. The molecule has 64 valence electrons. The van der Waals surface area contributed by atoms with Gasteiger partial charge in [0.1, 0.15) is 0 Å². The summed E-state index contributed by atoms with van der Waals surface area (Å²) in [6, 6.07) is 0. The first-order valence-electron chi connectivity index (χ1n) is 2.81. The van der Waals surface area contributed by atoms with Gasteiger partial charge < -0.3 is 5.73 Å². The predicted molar refractivity (Wildman–Crippen MR) is 40.9 cm³/mol. The number of hydrogen-bond acceptors (Lipinski definition) is 3. The summed E-state index contributed by atoms with van der Waals surface area (Å²) in [5.74, 6) is -0.997. The van der Waals surface area contributed by atoms with E-state index in [0.717, 1.165) is 0 Å². The van der Waals surface area contributed by atoms with Crippen molar-refractivity contribution in [3.63, 3.8) is 0 Å². The third kappa shape index (κ3) is 5.56. The van der Waals surface area contributed by atoms with E-state index >= 15 is 0 Å². The minimum atomic E-state index is -3.52. The normalized spacial score (nSPS) is 11.0. The Morgan fingerprint density at radius 3 is 2.18 bits per heavy atom. The van der Waals surface area contributed by atoms with E-state index in [1.807, 2.05) is 0 Å². The van der Waals surface area contributed by atoms with Crippen LogP contribution >= 0.6 is 0 Å². The minimum Gasteiger partial charge on any atom is -0.366 e. The van der Waals surface area contributed by atoms with Crippen LogP contribution < -0.4 is 10.9 Å². The third-order valence-corrected chi connectivity index (χ3v) is 1.81. The van der Waals surface area contributed by atoms with E-state index in [9.17, 15) is 13.2 Å². The predicted octanol–water partition coefficient (Wildman–Crippen LogP) is -1.29. The first kappa shape index (κ1) is 10.1. The van der Waals surface area contributed by atoms with Gasteiger partial charge in [-0.2, -0.15) is 0 Å². The molecule has 0 aromatic heterocycles. The van der Waals surface area contributed by atoms with Crippen LogP contribution in [0.1, 0.15) is 6.42 Å². The smallest absolute Gasteiger partial charge is 0.244 e. The Morgan fingerprint density at radius 1 is 1.45 bits per heavy atom. The molecule has 0 saturated carbocycles. The topological polar surface area (TPSA) is 103 Å². The monoisotopic (exact) mass is 178 g/mol. The summed E-state index contributed by atoms with van der Waals surface area (Å²) in [4.78, 5) is 10.3. The summed E-state index contributed by atoms with van der Waals surface area (Å²) < 4.78 is 20.7. The Kier molecular flexibility index (Phi) is 3.21. The van der Waals surface area contributed by atoms with Crippen LogP contribution in [-0.2, 0) is 14.8 Å². The second-order valence-corrected chi connectivity index (χ2v) is 3.82. The quantitative estimate of drug-likeness (QED) is 0.523. The van der Waals surface area contributed by atoms with Crippen LogP contribution in [0.3, 0.4) is 0 Å². The maximum atomic E-state index is 10.3. The number of primary amides is 1. The van der Waals surface area contributed by atoms with E-state index in [1.165, 1.54) is 0 Å². The highest BCUT2D eigenvalue weighted by Gasteiger charge is 2.06. The molecule has 0 fully saturated rings. The number of rotatable bonds is 4. The lowest BCUT2D eigenvalue weighted by Crippen LogP contribution is -2.20. The van der Waals surface area contributed by atoms with Gasteiger partial charge in [-0.15, -0.1) is 0 Å². The first-order chi connectivity index (χ1) is 4.83. The molecule has 0 aliphatic carbocycles. The lowest BCUT2D eigenvalue weighted by molar-refractivity contribution is -0.114. The summed E-state index contributed by atoms with van der Waals surface area (Å²) in [5, 5.41) is 4.66. The van der Waals surface area contributed by atoms with Crippen molar-refractivity contribution < 1.29 is 13.2 Å². The fraction of sp³-hybridized carbons (Fsp3) is 0.400. The number of primary sulfonamides is 1. The number of carbonyl (C=O) groups excluding carboxylic acids is 1. The highest BCUT2D eigenvalue weighted by atomic mass is 32.2. The van der Waals surface area contributed by atoms with Crippen molar-refractivity contribution in [2.24, 2.45) is 10.9 Å². The molecule has 0 saturated heterocycles. The highest BCUT2D eigenvalue weighted by Crippen LogP contribution is 1.97. The zero-order valence-corrected chi connectivity index (χ0v) is 6.73. The Labute approximate surface area is 65.1 Å². The maximum absolute atomic E-state index is 10.3. The van der Waals surface area contributed by atoms with E-state index in [1.54, 1.807) is 0 Å². The molecule has 0 aromatic rings. The molecule has 0 atom stereocenters. The second kappa shape index (κ2) is 3.49. The van der Waals surface area contributed by atoms with Gasteiger partial charge in [0.05, 0.1) is 5.75 Å². The number of nitrogens with two attached hydrogens (primary N) is 2. The summed E-state index contributed by atoms with van der Waals surface area (Å²) >= 11 is 0. The molecule has 0 radical (unpaired) electrons. The van der Waals surface area contributed by atoms with Gasteiger partial charge in [0, 0.05) is 5.57 Å². The SMILES string of the molecule is C=C(CCS(N)(=O)=O)C(N)=O. The molecule has 6 heteroatoms. The number of hydrogen-bond donors (Lipinski definition) is 2. The molecule has 5 nitrogen and oxygen atoms in total. The van der Waals surface area contributed by atoms with Gasteiger partial charge in [-0.3, -0.25) is 4.79 Å². The van der Waals surface area contributed by atoms with Crippen LogP contribution in [0, 0.1) is 0 Å². The number of carbonyl (C=O) groups is 1. The summed E-state index contributed by atoms with van der Waals surface area (Å²) in [6.45, 7) is 3.26. The molecule has 0 aliphatic rings. The number of sulfonamides is 1. The highest BCUT2D eigenvalue weighted by molar-refractivity contribution is 7.89. The van der Waals surface area contributed by atoms with Crippen LogP contribution in [-0.4, -0.2) is 20.1 Å². The zero-order valence-electron chi connectivity index (χ0n) is 5.91. The lowest BCUT2D eigenvalue weighted by Gasteiger charge is -1.97. The minimum absolute atomic E-state index is 0.00579. The Morgan fingerprint density at radius 2 is 1.91 bits per heavy atom. The van der Waals surface area contributed by atoms with Gasteiger partial charge in [0.25, 0.3) is 0 Å². The molecular formula is C5H10N2O3S. The van der Waals surface area contributed by atoms with Gasteiger partial charge >= 0.3 is 0 Å². The van der Waals surface area contributed by atoms with Crippen molar-refractivity contribution in [3.05, 3.63) is 12.2 Å². The summed E-state index contributed by atoms with van der Waals surface area (Å²) in [7, 11) is -3.52. The average molecular weight is 178 g/mol. The van der Waals surface area contributed by atoms with E-state index in [2.05, 4.69) is 11.7 Å². The van der Waals surface area contributed by atoms with Gasteiger partial charge in [-0.25, -0.2) is 13.6 Å². The summed E-state index contributed by atoms with van der Waals surface area (Å²) in [5.41, 5.74) is 4.86. The Balaban J connectivity index is 3.92. The molecule has 0 aromatic carbocycles. The third-order valence-electron chi connectivity index (χ3n) is 1.04. The van der Waals surface area contributed by atoms with Crippen molar-refractivity contribution in [3.8, 4) is 0 Å². The van der Waals surface area contributed by atoms with Gasteiger partial charge in [0.15, 0.2) is 0 Å². The number of amides is 1. The van der Waals surface area contributed by atoms with E-state index in [4.69, 9.17) is 5.73 Å². The van der Waals surface area contributed by atoms with Crippen LogP contribution in [0.4, 0.5) is 0 Å². The molecule has 11 heavy (non-hydrogen) atoms. The van der Waals surface area contributed by atoms with Gasteiger partial charge in [-0.05, 0) is 6.42 Å². The van der Waals surface area contributed by atoms with Gasteiger partial charge in [-0.1, -0.05) is 6.58 Å². The Bertz CT molecular complexity index is 267. The van der Waals surface area contributed by atoms with Crippen LogP contribution in [0.25, 0.3) is 0 Å². The maximum Gasteiger partial charge on any atom is 0.244 e. The average Bonchev–Trinajstić information content (AvgIpc) is 1.80. The van der Waals surface area contributed by atoms with Crippen molar-refractivity contribution in [1.29, 1.82) is 0 Å². The molecule has 0 unspecified atom stereocenters. The van der Waals surface area contributed by atoms with Crippen LogP contribution in [0.2, 0.25) is 0 Å². The van der Waals surface area contributed by atoms with E-state index in [-0.39, 0.29) is 17.7 Å². The zero-order chi connectivity index (χ0) is 9.07. The molecule has 0 aliphatic heterocycles. The van der Waals surface area contributed by atoms with E-state index < -0.39 is 15.9 Å². The summed E-state index contributed by atoms with van der Waals surface area (Å²) in [6.07, 6.45) is -0.00579. The van der Waals surface area contributed by atoms with Crippen molar-refractivity contribution in [1.82, 2.24) is 0 Å². The molecule has 0 spiro atoms. The molecule has 1 amide bonds. The molecule has 0 heterocycles. The molecule has 4 N–H and O–H groups in total. The van der Waals surface area contributed by atoms with Crippen LogP contribution in [0.15, 0.2) is 12.2 Å². The fourth-order valence-electron chi connectivity index (χ4n) is 0.389. The largest absolute Gasteiger partial charge is 0.366 e. The van der Waals surface area contributed by atoms with Crippen molar-refractivity contribution >= 4 is 15.9 Å². The Hall–Kier alpha value is -0.880.